The monoisotopic (exact) mass is 366 g/mol. The summed E-state index contributed by atoms with van der Waals surface area (Å²) in [5, 5.41) is 10.7. The third-order valence-electron chi connectivity index (χ3n) is 4.26. The lowest BCUT2D eigenvalue weighted by atomic mass is 10.1. The third-order valence-corrected chi connectivity index (χ3v) is 4.26. The van der Waals surface area contributed by atoms with Gasteiger partial charge < -0.3 is 25.1 Å². The molecule has 3 aromatic rings. The molecule has 0 saturated carbocycles. The van der Waals surface area contributed by atoms with Gasteiger partial charge in [0.2, 0.25) is 5.43 Å². The van der Waals surface area contributed by atoms with Crippen LogP contribution in [0.15, 0.2) is 35.4 Å². The topological polar surface area (TPSA) is 106 Å². The molecule has 1 aromatic carbocycles. The maximum absolute atomic E-state index is 13.0. The molecule has 140 valence electrons. The first-order valence-electron chi connectivity index (χ1n) is 8.58. The summed E-state index contributed by atoms with van der Waals surface area (Å²) < 4.78 is 6.81. The quantitative estimate of drug-likeness (QED) is 0.610. The number of hydrogen-bond acceptors (Lipinski definition) is 5. The first-order chi connectivity index (χ1) is 12.9. The number of nitrogens with zero attached hydrogens (tertiary/aromatic N) is 2. The first-order valence-corrected chi connectivity index (χ1v) is 8.58. The zero-order valence-electron chi connectivity index (χ0n) is 15.5. The molecule has 7 heteroatoms. The summed E-state index contributed by atoms with van der Waals surface area (Å²) in [7, 11) is 1.51. The molecular formula is C20H22N4O3. The summed E-state index contributed by atoms with van der Waals surface area (Å²) in [6.07, 6.45) is 3.23. The number of fused-ring (bicyclic) bond motifs is 1. The predicted molar refractivity (Wildman–Crippen MR) is 105 cm³/mol. The van der Waals surface area contributed by atoms with Crippen molar-refractivity contribution in [3.8, 4) is 23.2 Å². The van der Waals surface area contributed by atoms with E-state index in [0.717, 1.165) is 0 Å². The molecule has 7 nitrogen and oxygen atoms in total. The van der Waals surface area contributed by atoms with Crippen LogP contribution in [-0.4, -0.2) is 39.0 Å². The number of pyridine rings is 1. The summed E-state index contributed by atoms with van der Waals surface area (Å²) in [4.78, 5) is 20.1. The fourth-order valence-electron chi connectivity index (χ4n) is 3.04. The van der Waals surface area contributed by atoms with Gasteiger partial charge in [0, 0.05) is 37.0 Å². The van der Waals surface area contributed by atoms with Crippen molar-refractivity contribution in [1.29, 1.82) is 0 Å². The van der Waals surface area contributed by atoms with Crippen LogP contribution in [0.4, 0.5) is 5.82 Å². The van der Waals surface area contributed by atoms with E-state index < -0.39 is 5.60 Å². The van der Waals surface area contributed by atoms with Crippen LogP contribution >= 0.6 is 0 Å². The number of nitrogens with two attached hydrogens (primary N) is 1. The standard InChI is InChI=1S/C20H22N4O3/c1-4-24-15-11-13(7-8-20(2,26)12-27-3)5-6-14(15)17(25)16(18(24)21)19-22-9-10-23-19/h5-6,9-11,26H,4,12,21H2,1-3H3,(H,22,23)/t20-/m1/s1. The highest BCUT2D eigenvalue weighted by atomic mass is 16.5. The molecule has 0 bridgehead atoms. The van der Waals surface area contributed by atoms with Crippen molar-refractivity contribution < 1.29 is 9.84 Å². The molecule has 0 fully saturated rings. The number of aromatic nitrogens is 3. The van der Waals surface area contributed by atoms with E-state index in [4.69, 9.17) is 10.5 Å². The second-order valence-corrected chi connectivity index (χ2v) is 6.46. The number of benzene rings is 1. The molecule has 0 aliphatic carbocycles. The molecule has 0 spiro atoms. The van der Waals surface area contributed by atoms with Crippen LogP contribution in [0.1, 0.15) is 19.4 Å². The summed E-state index contributed by atoms with van der Waals surface area (Å²) in [5.74, 6) is 6.52. The van der Waals surface area contributed by atoms with Gasteiger partial charge in [-0.25, -0.2) is 4.98 Å². The van der Waals surface area contributed by atoms with Gasteiger partial charge in [-0.05, 0) is 32.0 Å². The molecule has 2 heterocycles. The number of nitrogen functional groups attached to an aromatic ring is 1. The Hall–Kier alpha value is -3.08. The van der Waals surface area contributed by atoms with E-state index in [9.17, 15) is 9.90 Å². The van der Waals surface area contributed by atoms with Gasteiger partial charge in [0.15, 0.2) is 0 Å². The Bertz CT molecular complexity index is 1090. The lowest BCUT2D eigenvalue weighted by Gasteiger charge is -2.16. The molecule has 0 amide bonds. The molecule has 0 unspecified atom stereocenters. The van der Waals surface area contributed by atoms with Crippen LogP contribution in [0.25, 0.3) is 22.3 Å². The van der Waals surface area contributed by atoms with Crippen molar-refractivity contribution in [3.63, 3.8) is 0 Å². The molecule has 1 atom stereocenters. The Morgan fingerprint density at radius 3 is 2.85 bits per heavy atom. The Labute approximate surface area is 156 Å². The third kappa shape index (κ3) is 3.58. The van der Waals surface area contributed by atoms with Gasteiger partial charge in [0.05, 0.1) is 12.1 Å². The highest BCUT2D eigenvalue weighted by Gasteiger charge is 2.18. The highest BCUT2D eigenvalue weighted by Crippen LogP contribution is 2.25. The van der Waals surface area contributed by atoms with Gasteiger partial charge in [-0.1, -0.05) is 11.8 Å². The number of anilines is 1. The Morgan fingerprint density at radius 2 is 2.22 bits per heavy atom. The molecule has 0 radical (unpaired) electrons. The van der Waals surface area contributed by atoms with Crippen molar-refractivity contribution >= 4 is 16.7 Å². The van der Waals surface area contributed by atoms with Gasteiger partial charge in [-0.15, -0.1) is 0 Å². The SMILES string of the molecule is CCn1c(N)c(-c2ncc[nH]2)c(=O)c2ccc(C#C[C@@](C)(O)COC)cc21. The highest BCUT2D eigenvalue weighted by molar-refractivity contribution is 5.89. The molecule has 0 aliphatic rings. The van der Waals surface area contributed by atoms with Gasteiger partial charge in [0.25, 0.3) is 0 Å². The van der Waals surface area contributed by atoms with Crippen molar-refractivity contribution in [3.05, 3.63) is 46.4 Å². The molecule has 4 N–H and O–H groups in total. The van der Waals surface area contributed by atoms with E-state index in [1.165, 1.54) is 7.11 Å². The van der Waals surface area contributed by atoms with E-state index in [1.807, 2.05) is 11.5 Å². The minimum Gasteiger partial charge on any atom is -0.384 e. The number of aromatic amines is 1. The van der Waals surface area contributed by atoms with Gasteiger partial charge in [0.1, 0.15) is 22.8 Å². The number of aryl methyl sites for hydroxylation is 1. The second kappa shape index (κ2) is 7.27. The Balaban J connectivity index is 2.20. The molecule has 0 saturated heterocycles. The van der Waals surface area contributed by atoms with Gasteiger partial charge in [-0.2, -0.15) is 0 Å². The number of H-pyrrole nitrogens is 1. The van der Waals surface area contributed by atoms with E-state index in [0.29, 0.717) is 40.2 Å². The molecule has 2 aromatic heterocycles. The van der Waals surface area contributed by atoms with Crippen LogP contribution in [0.5, 0.6) is 0 Å². The summed E-state index contributed by atoms with van der Waals surface area (Å²) in [6.45, 7) is 4.22. The van der Waals surface area contributed by atoms with Crippen molar-refractivity contribution in [2.45, 2.75) is 26.0 Å². The molecule has 3 rings (SSSR count). The lowest BCUT2D eigenvalue weighted by Crippen LogP contribution is -2.27. The molecule has 27 heavy (non-hydrogen) atoms. The maximum Gasteiger partial charge on any atom is 0.202 e. The predicted octanol–water partition coefficient (Wildman–Crippen LogP) is 1.74. The number of nitrogens with one attached hydrogen (secondary N) is 1. The minimum absolute atomic E-state index is 0.104. The van der Waals surface area contributed by atoms with Crippen LogP contribution in [-0.2, 0) is 11.3 Å². The fraction of sp³-hybridized carbons (Fsp3) is 0.300. The maximum atomic E-state index is 13.0. The first kappa shape index (κ1) is 18.7. The number of ether oxygens (including phenoxy) is 1. The number of methoxy groups -OCH3 is 1. The minimum atomic E-state index is -1.25. The van der Waals surface area contributed by atoms with Crippen LogP contribution in [0.2, 0.25) is 0 Å². The van der Waals surface area contributed by atoms with Crippen molar-refractivity contribution in [2.75, 3.05) is 19.5 Å². The van der Waals surface area contributed by atoms with Crippen LogP contribution in [0.3, 0.4) is 0 Å². The van der Waals surface area contributed by atoms with Crippen LogP contribution in [0, 0.1) is 11.8 Å². The summed E-state index contributed by atoms with van der Waals surface area (Å²) >= 11 is 0. The molecular weight excluding hydrogens is 344 g/mol. The zero-order valence-corrected chi connectivity index (χ0v) is 15.5. The van der Waals surface area contributed by atoms with Gasteiger partial charge in [-0.3, -0.25) is 4.79 Å². The van der Waals surface area contributed by atoms with Gasteiger partial charge >= 0.3 is 0 Å². The normalized spacial score (nSPS) is 13.2. The average molecular weight is 366 g/mol. The Morgan fingerprint density at radius 1 is 1.44 bits per heavy atom. The largest absolute Gasteiger partial charge is 0.384 e. The number of imidazole rings is 1. The van der Waals surface area contributed by atoms with E-state index in [2.05, 4.69) is 21.8 Å². The average Bonchev–Trinajstić information content (AvgIpc) is 3.14. The number of aliphatic hydroxyl groups is 1. The van der Waals surface area contributed by atoms with Crippen molar-refractivity contribution in [1.82, 2.24) is 14.5 Å². The lowest BCUT2D eigenvalue weighted by molar-refractivity contribution is 0.0274. The number of rotatable bonds is 4. The van der Waals surface area contributed by atoms with E-state index in [1.54, 1.807) is 37.5 Å². The smallest absolute Gasteiger partial charge is 0.202 e. The van der Waals surface area contributed by atoms with Crippen LogP contribution < -0.4 is 11.2 Å². The fourth-order valence-corrected chi connectivity index (χ4v) is 3.04. The van der Waals surface area contributed by atoms with E-state index >= 15 is 0 Å². The summed E-state index contributed by atoms with van der Waals surface area (Å²) in [5.41, 5.74) is 6.57. The summed E-state index contributed by atoms with van der Waals surface area (Å²) in [6, 6.07) is 5.28. The van der Waals surface area contributed by atoms with E-state index in [-0.39, 0.29) is 12.0 Å². The number of hydrogen-bond donors (Lipinski definition) is 3. The molecule has 0 aliphatic heterocycles. The Kier molecular flexibility index (Phi) is 5.04. The van der Waals surface area contributed by atoms with Crippen molar-refractivity contribution in [2.24, 2.45) is 0 Å². The second-order valence-electron chi connectivity index (χ2n) is 6.46. The zero-order chi connectivity index (χ0) is 19.6.